The largest absolute Gasteiger partial charge is 0.483 e. The fourth-order valence-corrected chi connectivity index (χ4v) is 0.954. The van der Waals surface area contributed by atoms with Gasteiger partial charge in [-0.1, -0.05) is 30.3 Å². The van der Waals surface area contributed by atoms with Crippen LogP contribution < -0.4 is 5.73 Å². The lowest BCUT2D eigenvalue weighted by Gasteiger charge is -2.13. The van der Waals surface area contributed by atoms with Crippen LogP contribution in [0.1, 0.15) is 18.6 Å². The second-order valence-corrected chi connectivity index (χ2v) is 2.82. The molecule has 0 saturated carbocycles. The van der Waals surface area contributed by atoms with E-state index in [1.54, 1.807) is 6.92 Å². The van der Waals surface area contributed by atoms with Crippen molar-refractivity contribution in [3.63, 3.8) is 0 Å². The molecule has 14 heavy (non-hydrogen) atoms. The van der Waals surface area contributed by atoms with Crippen molar-refractivity contribution in [1.29, 1.82) is 0 Å². The Morgan fingerprint density at radius 2 is 1.79 bits per heavy atom. The SMILES string of the molecule is C[C@@H](N)[C@H](O)c1ccccc1.O=CO. The maximum absolute atomic E-state index is 9.47. The zero-order chi connectivity index (χ0) is 11.0. The zero-order valence-electron chi connectivity index (χ0n) is 8.00. The van der Waals surface area contributed by atoms with Crippen molar-refractivity contribution >= 4 is 6.47 Å². The van der Waals surface area contributed by atoms with E-state index in [2.05, 4.69) is 0 Å². The van der Waals surface area contributed by atoms with Gasteiger partial charge in [0.25, 0.3) is 6.47 Å². The van der Waals surface area contributed by atoms with E-state index in [1.165, 1.54) is 0 Å². The summed E-state index contributed by atoms with van der Waals surface area (Å²) in [5, 5.41) is 16.4. The summed E-state index contributed by atoms with van der Waals surface area (Å²) >= 11 is 0. The number of carboxylic acid groups (broad SMARTS) is 1. The van der Waals surface area contributed by atoms with Gasteiger partial charge in [0, 0.05) is 6.04 Å². The van der Waals surface area contributed by atoms with E-state index in [0.29, 0.717) is 0 Å². The topological polar surface area (TPSA) is 83.5 Å². The van der Waals surface area contributed by atoms with Gasteiger partial charge >= 0.3 is 0 Å². The molecule has 0 bridgehead atoms. The first-order valence-electron chi connectivity index (χ1n) is 4.20. The second-order valence-electron chi connectivity index (χ2n) is 2.82. The Labute approximate surface area is 83.0 Å². The summed E-state index contributed by atoms with van der Waals surface area (Å²) in [5.74, 6) is 0. The van der Waals surface area contributed by atoms with E-state index in [1.807, 2.05) is 30.3 Å². The minimum Gasteiger partial charge on any atom is -0.483 e. The summed E-state index contributed by atoms with van der Waals surface area (Å²) in [6.45, 7) is 1.54. The lowest BCUT2D eigenvalue weighted by Crippen LogP contribution is -2.24. The summed E-state index contributed by atoms with van der Waals surface area (Å²) in [7, 11) is 0. The lowest BCUT2D eigenvalue weighted by molar-refractivity contribution is -0.122. The first-order valence-corrected chi connectivity index (χ1v) is 4.20. The molecule has 1 rings (SSSR count). The van der Waals surface area contributed by atoms with Crippen molar-refractivity contribution in [3.8, 4) is 0 Å². The van der Waals surface area contributed by atoms with Gasteiger partial charge in [-0.15, -0.1) is 0 Å². The van der Waals surface area contributed by atoms with Crippen LogP contribution in [0.5, 0.6) is 0 Å². The van der Waals surface area contributed by atoms with Crippen molar-refractivity contribution in [2.45, 2.75) is 19.1 Å². The number of rotatable bonds is 2. The van der Waals surface area contributed by atoms with Gasteiger partial charge in [-0.2, -0.15) is 0 Å². The molecule has 0 unspecified atom stereocenters. The first kappa shape index (κ1) is 12.6. The van der Waals surface area contributed by atoms with Gasteiger partial charge in [0.05, 0.1) is 6.10 Å². The Kier molecular flexibility index (Phi) is 6.36. The number of aliphatic hydroxyl groups excluding tert-OH is 1. The molecular weight excluding hydrogens is 182 g/mol. The Hall–Kier alpha value is -1.39. The molecule has 78 valence electrons. The highest BCUT2D eigenvalue weighted by Gasteiger charge is 2.10. The van der Waals surface area contributed by atoms with Crippen LogP contribution in [-0.2, 0) is 4.79 Å². The molecule has 0 heterocycles. The van der Waals surface area contributed by atoms with E-state index < -0.39 is 6.10 Å². The van der Waals surface area contributed by atoms with Gasteiger partial charge in [0.15, 0.2) is 0 Å². The Morgan fingerprint density at radius 3 is 2.14 bits per heavy atom. The van der Waals surface area contributed by atoms with Gasteiger partial charge in [-0.05, 0) is 12.5 Å². The van der Waals surface area contributed by atoms with Gasteiger partial charge < -0.3 is 15.9 Å². The molecule has 0 aromatic heterocycles. The average molecular weight is 197 g/mol. The monoisotopic (exact) mass is 197 g/mol. The predicted molar refractivity (Wildman–Crippen MR) is 53.7 cm³/mol. The Bertz CT molecular complexity index is 249. The molecule has 0 radical (unpaired) electrons. The van der Waals surface area contributed by atoms with E-state index in [4.69, 9.17) is 15.6 Å². The summed E-state index contributed by atoms with van der Waals surface area (Å²) in [4.78, 5) is 8.36. The van der Waals surface area contributed by atoms with E-state index >= 15 is 0 Å². The van der Waals surface area contributed by atoms with Crippen molar-refractivity contribution in [3.05, 3.63) is 35.9 Å². The summed E-state index contributed by atoms with van der Waals surface area (Å²) < 4.78 is 0. The van der Waals surface area contributed by atoms with Crippen molar-refractivity contribution in [1.82, 2.24) is 0 Å². The molecule has 0 aliphatic heterocycles. The summed E-state index contributed by atoms with van der Waals surface area (Å²) in [5.41, 5.74) is 6.40. The molecule has 4 nitrogen and oxygen atoms in total. The number of hydrogen-bond acceptors (Lipinski definition) is 3. The van der Waals surface area contributed by atoms with Crippen LogP contribution >= 0.6 is 0 Å². The van der Waals surface area contributed by atoms with Crippen LogP contribution in [0, 0.1) is 0 Å². The maximum Gasteiger partial charge on any atom is 0.290 e. The fourth-order valence-electron chi connectivity index (χ4n) is 0.954. The lowest BCUT2D eigenvalue weighted by atomic mass is 10.0. The number of hydrogen-bond donors (Lipinski definition) is 3. The molecule has 0 spiro atoms. The van der Waals surface area contributed by atoms with E-state index in [-0.39, 0.29) is 12.5 Å². The Balaban J connectivity index is 0.000000500. The molecule has 4 heteroatoms. The van der Waals surface area contributed by atoms with Gasteiger partial charge in [0.1, 0.15) is 0 Å². The van der Waals surface area contributed by atoms with Crippen LogP contribution in [0.4, 0.5) is 0 Å². The third-order valence-corrected chi connectivity index (χ3v) is 1.64. The number of carbonyl (C=O) groups is 1. The maximum atomic E-state index is 9.47. The third kappa shape index (κ3) is 4.59. The van der Waals surface area contributed by atoms with Crippen LogP contribution in [0.3, 0.4) is 0 Å². The highest BCUT2D eigenvalue weighted by molar-refractivity contribution is 5.32. The third-order valence-electron chi connectivity index (χ3n) is 1.64. The van der Waals surface area contributed by atoms with Crippen molar-refractivity contribution in [2.24, 2.45) is 5.73 Å². The van der Waals surface area contributed by atoms with Gasteiger partial charge in [-0.25, -0.2) is 0 Å². The van der Waals surface area contributed by atoms with Crippen LogP contribution in [0.25, 0.3) is 0 Å². The normalized spacial score (nSPS) is 13.4. The molecule has 0 fully saturated rings. The minimum atomic E-state index is -0.545. The van der Waals surface area contributed by atoms with Crippen molar-refractivity contribution < 1.29 is 15.0 Å². The Morgan fingerprint density at radius 1 is 1.36 bits per heavy atom. The highest BCUT2D eigenvalue weighted by Crippen LogP contribution is 2.13. The van der Waals surface area contributed by atoms with Crippen LogP contribution in [0.2, 0.25) is 0 Å². The molecular formula is C10H15NO3. The highest BCUT2D eigenvalue weighted by atomic mass is 16.3. The number of nitrogens with two attached hydrogens (primary N) is 1. The molecule has 0 amide bonds. The van der Waals surface area contributed by atoms with Gasteiger partial charge in [0.2, 0.25) is 0 Å². The van der Waals surface area contributed by atoms with Crippen LogP contribution in [-0.4, -0.2) is 22.7 Å². The van der Waals surface area contributed by atoms with E-state index in [0.717, 1.165) is 5.56 Å². The summed E-state index contributed by atoms with van der Waals surface area (Å²) in [6, 6.07) is 9.22. The van der Waals surface area contributed by atoms with Crippen LogP contribution in [0.15, 0.2) is 30.3 Å². The predicted octanol–water partition coefficient (Wildman–Crippen LogP) is 0.768. The molecule has 0 saturated heterocycles. The first-order chi connectivity index (χ1) is 6.63. The quantitative estimate of drug-likeness (QED) is 0.611. The molecule has 2 atom stereocenters. The van der Waals surface area contributed by atoms with E-state index in [9.17, 15) is 5.11 Å². The minimum absolute atomic E-state index is 0.211. The molecule has 4 N–H and O–H groups in total. The molecule has 1 aromatic carbocycles. The number of benzene rings is 1. The molecule has 0 aliphatic carbocycles. The standard InChI is InChI=1S/C9H13NO.CH2O2/c1-7(10)9(11)8-5-3-2-4-6-8;2-1-3/h2-7,9,11H,10H2,1H3;1H,(H,2,3)/t7-,9+;/m1./s1. The van der Waals surface area contributed by atoms with Crippen molar-refractivity contribution in [2.75, 3.05) is 0 Å². The molecule has 1 aromatic rings. The smallest absolute Gasteiger partial charge is 0.290 e. The molecule has 0 aliphatic rings. The fraction of sp³-hybridized carbons (Fsp3) is 0.300. The van der Waals surface area contributed by atoms with Gasteiger partial charge in [-0.3, -0.25) is 4.79 Å². The second kappa shape index (κ2) is 7.06. The average Bonchev–Trinajstić information content (AvgIpc) is 2.19. The zero-order valence-corrected chi connectivity index (χ0v) is 8.00. The summed E-state index contributed by atoms with van der Waals surface area (Å²) in [6.07, 6.45) is -0.545. The number of aliphatic hydroxyl groups is 1.